The maximum absolute atomic E-state index is 12.5. The summed E-state index contributed by atoms with van der Waals surface area (Å²) in [6.45, 7) is 0.463. The van der Waals surface area contributed by atoms with Crippen LogP contribution in [0.1, 0.15) is 21.5 Å². The minimum absolute atomic E-state index is 0.0562. The van der Waals surface area contributed by atoms with Crippen molar-refractivity contribution in [2.24, 2.45) is 5.10 Å². The third-order valence-electron chi connectivity index (χ3n) is 5.08. The summed E-state index contributed by atoms with van der Waals surface area (Å²) in [5, 5.41) is 16.2. The van der Waals surface area contributed by atoms with Crippen molar-refractivity contribution in [2.75, 3.05) is 7.11 Å². The van der Waals surface area contributed by atoms with Gasteiger partial charge < -0.3 is 9.30 Å². The summed E-state index contributed by atoms with van der Waals surface area (Å²) in [4.78, 5) is 23.2. The van der Waals surface area contributed by atoms with Gasteiger partial charge >= 0.3 is 0 Å². The molecule has 4 rings (SSSR count). The molecule has 3 aromatic carbocycles. The molecule has 0 saturated heterocycles. The fraction of sp³-hybridized carbons (Fsp3) is 0.0833. The largest absolute Gasteiger partial charge is 0.496 e. The van der Waals surface area contributed by atoms with Crippen LogP contribution in [0.5, 0.6) is 5.75 Å². The van der Waals surface area contributed by atoms with Gasteiger partial charge in [-0.3, -0.25) is 14.9 Å². The summed E-state index contributed by atoms with van der Waals surface area (Å²) < 4.78 is 8.17. The van der Waals surface area contributed by atoms with E-state index in [1.54, 1.807) is 43.7 Å². The van der Waals surface area contributed by atoms with E-state index in [-0.39, 0.29) is 11.6 Å². The molecule has 0 spiro atoms. The van der Waals surface area contributed by atoms with Crippen LogP contribution in [0.2, 0.25) is 0 Å². The maximum atomic E-state index is 12.5. The first-order chi connectivity index (χ1) is 16.0. The van der Waals surface area contributed by atoms with Gasteiger partial charge in [0.1, 0.15) is 5.75 Å². The summed E-state index contributed by atoms with van der Waals surface area (Å²) in [6.07, 6.45) is 3.50. The van der Waals surface area contributed by atoms with Crippen LogP contribution < -0.4 is 10.2 Å². The van der Waals surface area contributed by atoms with Crippen LogP contribution in [0.25, 0.3) is 10.9 Å². The molecule has 0 aliphatic rings. The standard InChI is InChI=1S/C24H19IN4O4/c1-33-23-12-17(9-10-21(23)25)24(30)27-26-13-18-15-28(22-8-3-2-7-20(18)22)14-16-5-4-6-19(11-16)29(31)32/h2-13,15H,14H2,1H3,(H,27,30)/b26-13-. The van der Waals surface area contributed by atoms with Crippen molar-refractivity contribution in [3.8, 4) is 5.75 Å². The molecule has 9 heteroatoms. The molecule has 0 bridgehead atoms. The van der Waals surface area contributed by atoms with Crippen molar-refractivity contribution >= 4 is 51.3 Å². The fourth-order valence-corrected chi connectivity index (χ4v) is 4.06. The zero-order chi connectivity index (χ0) is 23.4. The van der Waals surface area contributed by atoms with Gasteiger partial charge in [0.15, 0.2) is 0 Å². The van der Waals surface area contributed by atoms with E-state index < -0.39 is 4.92 Å². The van der Waals surface area contributed by atoms with Crippen LogP contribution in [0.15, 0.2) is 78.0 Å². The smallest absolute Gasteiger partial charge is 0.271 e. The Kier molecular flexibility index (Phi) is 6.68. The number of benzene rings is 3. The molecule has 1 heterocycles. The molecule has 166 valence electrons. The number of amides is 1. The van der Waals surface area contributed by atoms with Gasteiger partial charge in [-0.2, -0.15) is 5.10 Å². The Morgan fingerprint density at radius 1 is 1.18 bits per heavy atom. The molecule has 1 aromatic heterocycles. The van der Waals surface area contributed by atoms with Gasteiger partial charge in [0.05, 0.1) is 21.8 Å². The number of carbonyl (C=O) groups excluding carboxylic acids is 1. The normalized spacial score (nSPS) is 11.1. The Balaban J connectivity index is 1.56. The van der Waals surface area contributed by atoms with Crippen LogP contribution in [-0.2, 0) is 6.54 Å². The van der Waals surface area contributed by atoms with Crippen LogP contribution in [0, 0.1) is 13.7 Å². The Labute approximate surface area is 203 Å². The Morgan fingerprint density at radius 3 is 2.79 bits per heavy atom. The van der Waals surface area contributed by atoms with Crippen molar-refractivity contribution in [3.05, 3.63) is 103 Å². The van der Waals surface area contributed by atoms with Crippen molar-refractivity contribution < 1.29 is 14.5 Å². The van der Waals surface area contributed by atoms with Gasteiger partial charge in [-0.05, 0) is 52.4 Å². The maximum Gasteiger partial charge on any atom is 0.271 e. The van der Waals surface area contributed by atoms with Crippen LogP contribution in [-0.4, -0.2) is 28.7 Å². The predicted octanol–water partition coefficient (Wildman–Crippen LogP) is 4.97. The average molecular weight is 554 g/mol. The third-order valence-corrected chi connectivity index (χ3v) is 5.97. The number of para-hydroxylation sites is 1. The number of hydrogen-bond acceptors (Lipinski definition) is 5. The van der Waals surface area contributed by atoms with Gasteiger partial charge in [-0.1, -0.05) is 30.3 Å². The number of nitrogens with one attached hydrogen (secondary N) is 1. The van der Waals surface area contributed by atoms with Gasteiger partial charge in [-0.15, -0.1) is 0 Å². The first kappa shape index (κ1) is 22.5. The summed E-state index contributed by atoms with van der Waals surface area (Å²) in [5.41, 5.74) is 5.64. The lowest BCUT2D eigenvalue weighted by Crippen LogP contribution is -2.17. The number of nitro benzene ring substituents is 1. The van der Waals surface area contributed by atoms with Crippen molar-refractivity contribution in [1.82, 2.24) is 9.99 Å². The molecule has 33 heavy (non-hydrogen) atoms. The van der Waals surface area contributed by atoms with Crippen molar-refractivity contribution in [3.63, 3.8) is 0 Å². The highest BCUT2D eigenvalue weighted by Gasteiger charge is 2.11. The molecule has 0 aliphatic carbocycles. The van der Waals surface area contributed by atoms with E-state index in [0.29, 0.717) is 17.9 Å². The SMILES string of the molecule is COc1cc(C(=O)N/N=C\c2cn(Cc3cccc([N+](=O)[O-])c3)c3ccccc23)ccc1I. The first-order valence-corrected chi connectivity index (χ1v) is 11.0. The number of rotatable bonds is 7. The summed E-state index contributed by atoms with van der Waals surface area (Å²) in [6, 6.07) is 19.5. The van der Waals surface area contributed by atoms with Gasteiger partial charge in [0, 0.05) is 46.9 Å². The number of hydrogen-bond donors (Lipinski definition) is 1. The molecule has 1 N–H and O–H groups in total. The van der Waals surface area contributed by atoms with E-state index >= 15 is 0 Å². The Hall–Kier alpha value is -3.73. The first-order valence-electron chi connectivity index (χ1n) is 9.94. The molecule has 4 aromatic rings. The minimum atomic E-state index is -0.402. The number of methoxy groups -OCH3 is 1. The van der Waals surface area contributed by atoms with Gasteiger partial charge in [0.2, 0.25) is 0 Å². The van der Waals surface area contributed by atoms with E-state index in [9.17, 15) is 14.9 Å². The molecule has 0 atom stereocenters. The number of non-ortho nitro benzene ring substituents is 1. The second-order valence-corrected chi connectivity index (χ2v) is 8.37. The molecule has 8 nitrogen and oxygen atoms in total. The highest BCUT2D eigenvalue weighted by Crippen LogP contribution is 2.23. The van der Waals surface area contributed by atoms with Crippen LogP contribution in [0.3, 0.4) is 0 Å². The lowest BCUT2D eigenvalue weighted by molar-refractivity contribution is -0.384. The highest BCUT2D eigenvalue weighted by molar-refractivity contribution is 14.1. The fourth-order valence-electron chi connectivity index (χ4n) is 3.50. The van der Waals surface area contributed by atoms with E-state index in [1.807, 2.05) is 41.1 Å². The third kappa shape index (κ3) is 5.03. The van der Waals surface area contributed by atoms with Crippen LogP contribution >= 0.6 is 22.6 Å². The number of hydrazone groups is 1. The number of nitrogens with zero attached hydrogens (tertiary/aromatic N) is 3. The number of carbonyl (C=O) groups is 1. The molecule has 0 saturated carbocycles. The number of fused-ring (bicyclic) bond motifs is 1. The molecule has 0 radical (unpaired) electrons. The average Bonchev–Trinajstić information content (AvgIpc) is 3.17. The summed E-state index contributed by atoms with van der Waals surface area (Å²) >= 11 is 2.14. The molecular formula is C24H19IN4O4. The minimum Gasteiger partial charge on any atom is -0.496 e. The number of ether oxygens (including phenoxy) is 1. The highest BCUT2D eigenvalue weighted by atomic mass is 127. The molecular weight excluding hydrogens is 535 g/mol. The lowest BCUT2D eigenvalue weighted by atomic mass is 10.2. The Bertz CT molecular complexity index is 1380. The number of aromatic nitrogens is 1. The quantitative estimate of drug-likeness (QED) is 0.151. The number of halogens is 1. The lowest BCUT2D eigenvalue weighted by Gasteiger charge is -2.05. The van der Waals surface area contributed by atoms with Crippen molar-refractivity contribution in [2.45, 2.75) is 6.54 Å². The van der Waals surface area contributed by atoms with Gasteiger partial charge in [-0.25, -0.2) is 5.43 Å². The second-order valence-electron chi connectivity index (χ2n) is 7.20. The van der Waals surface area contributed by atoms with Crippen LogP contribution in [0.4, 0.5) is 5.69 Å². The predicted molar refractivity (Wildman–Crippen MR) is 135 cm³/mol. The zero-order valence-corrected chi connectivity index (χ0v) is 19.7. The van der Waals surface area contributed by atoms with Gasteiger partial charge in [0.25, 0.3) is 11.6 Å². The van der Waals surface area contributed by atoms with Crippen molar-refractivity contribution in [1.29, 1.82) is 0 Å². The van der Waals surface area contributed by atoms with E-state index in [1.165, 1.54) is 6.07 Å². The Morgan fingerprint density at radius 2 is 2.00 bits per heavy atom. The van der Waals surface area contributed by atoms with E-state index in [2.05, 4.69) is 33.1 Å². The summed E-state index contributed by atoms with van der Waals surface area (Å²) in [7, 11) is 1.56. The molecule has 1 amide bonds. The van der Waals surface area contributed by atoms with E-state index in [4.69, 9.17) is 4.74 Å². The monoisotopic (exact) mass is 554 g/mol. The number of nitro groups is 1. The summed E-state index contributed by atoms with van der Waals surface area (Å²) in [5.74, 6) is 0.276. The second kappa shape index (κ2) is 9.82. The van der Waals surface area contributed by atoms with E-state index in [0.717, 1.165) is 25.6 Å². The zero-order valence-electron chi connectivity index (χ0n) is 17.6. The topological polar surface area (TPSA) is 98.8 Å². The molecule has 0 fully saturated rings. The molecule has 0 aliphatic heterocycles. The molecule has 0 unspecified atom stereocenters.